The van der Waals surface area contributed by atoms with Crippen molar-refractivity contribution >= 4 is 11.8 Å². The lowest BCUT2D eigenvalue weighted by atomic mass is 9.73. The van der Waals surface area contributed by atoms with Crippen LogP contribution in [0.3, 0.4) is 0 Å². The van der Waals surface area contributed by atoms with Gasteiger partial charge in [0.15, 0.2) is 0 Å². The fourth-order valence-electron chi connectivity index (χ4n) is 4.09. The van der Waals surface area contributed by atoms with Gasteiger partial charge in [-0.15, -0.1) is 0 Å². The van der Waals surface area contributed by atoms with Gasteiger partial charge in [-0.05, 0) is 31.1 Å². The number of rotatable bonds is 1. The Bertz CT molecular complexity index is 374. The van der Waals surface area contributed by atoms with E-state index in [1.54, 1.807) is 0 Å². The third-order valence-corrected chi connectivity index (χ3v) is 5.26. The Morgan fingerprint density at radius 2 is 2.00 bits per heavy atom. The molecule has 0 aromatic rings. The van der Waals surface area contributed by atoms with Crippen LogP contribution >= 0.6 is 0 Å². The van der Waals surface area contributed by atoms with Crippen molar-refractivity contribution in [2.24, 2.45) is 11.3 Å². The fourth-order valence-corrected chi connectivity index (χ4v) is 4.09. The van der Waals surface area contributed by atoms with Crippen molar-refractivity contribution in [3.8, 4) is 0 Å². The topological polar surface area (TPSA) is 49.4 Å². The highest BCUT2D eigenvalue weighted by molar-refractivity contribution is 5.87. The van der Waals surface area contributed by atoms with E-state index in [4.69, 9.17) is 0 Å². The Morgan fingerprint density at radius 3 is 2.74 bits per heavy atom. The quantitative estimate of drug-likeness (QED) is 0.783. The number of nitrogens with one attached hydrogen (secondary N) is 1. The minimum atomic E-state index is -0.0625. The van der Waals surface area contributed by atoms with Gasteiger partial charge in [0.05, 0.1) is 0 Å². The lowest BCUT2D eigenvalue weighted by Crippen LogP contribution is -2.43. The highest BCUT2D eigenvalue weighted by Gasteiger charge is 2.42. The molecule has 1 aliphatic carbocycles. The SMILES string of the molecule is O=C1CC(C(=O)N2CCC3(CCCCC3)C2)CCN1. The first-order valence-electron chi connectivity index (χ1n) is 7.74. The second kappa shape index (κ2) is 5.14. The summed E-state index contributed by atoms with van der Waals surface area (Å²) in [6, 6.07) is 0. The first kappa shape index (κ1) is 12.9. The maximum atomic E-state index is 12.5. The number of carbonyl (C=O) groups excluding carboxylic acids is 2. The van der Waals surface area contributed by atoms with E-state index in [-0.39, 0.29) is 17.7 Å². The van der Waals surface area contributed by atoms with Crippen LogP contribution in [0.4, 0.5) is 0 Å². The van der Waals surface area contributed by atoms with Gasteiger partial charge in [0, 0.05) is 32.0 Å². The van der Waals surface area contributed by atoms with Crippen LogP contribution in [0.2, 0.25) is 0 Å². The van der Waals surface area contributed by atoms with Crippen LogP contribution in [0.5, 0.6) is 0 Å². The molecule has 19 heavy (non-hydrogen) atoms. The Labute approximate surface area is 114 Å². The molecule has 4 nitrogen and oxygen atoms in total. The molecule has 1 atom stereocenters. The standard InChI is InChI=1S/C15H24N2O2/c18-13-10-12(4-8-16-13)14(19)17-9-7-15(11-17)5-2-1-3-6-15/h12H,1-11H2,(H,16,18). The first-order chi connectivity index (χ1) is 9.19. The monoisotopic (exact) mass is 264 g/mol. The molecule has 0 bridgehead atoms. The van der Waals surface area contributed by atoms with E-state index in [0.29, 0.717) is 18.4 Å². The van der Waals surface area contributed by atoms with Gasteiger partial charge in [-0.2, -0.15) is 0 Å². The van der Waals surface area contributed by atoms with Gasteiger partial charge >= 0.3 is 0 Å². The van der Waals surface area contributed by atoms with Gasteiger partial charge in [0.1, 0.15) is 0 Å². The summed E-state index contributed by atoms with van der Waals surface area (Å²) in [6.45, 7) is 2.52. The maximum Gasteiger partial charge on any atom is 0.226 e. The van der Waals surface area contributed by atoms with Gasteiger partial charge in [-0.25, -0.2) is 0 Å². The molecule has 1 saturated carbocycles. The third kappa shape index (κ3) is 2.63. The molecule has 0 aromatic heterocycles. The summed E-state index contributed by atoms with van der Waals surface area (Å²) < 4.78 is 0. The molecule has 0 radical (unpaired) electrons. The number of nitrogens with zero attached hydrogens (tertiary/aromatic N) is 1. The van der Waals surface area contributed by atoms with Crippen molar-refractivity contribution in [3.63, 3.8) is 0 Å². The summed E-state index contributed by atoms with van der Waals surface area (Å²) in [5.41, 5.74) is 0.421. The van der Waals surface area contributed by atoms with Crippen LogP contribution < -0.4 is 5.32 Å². The molecule has 2 aliphatic heterocycles. The van der Waals surface area contributed by atoms with Crippen LogP contribution in [0, 0.1) is 11.3 Å². The zero-order valence-electron chi connectivity index (χ0n) is 11.6. The van der Waals surface area contributed by atoms with Crippen molar-refractivity contribution in [1.29, 1.82) is 0 Å². The van der Waals surface area contributed by atoms with Crippen molar-refractivity contribution in [1.82, 2.24) is 10.2 Å². The average Bonchev–Trinajstić information content (AvgIpc) is 2.82. The predicted molar refractivity (Wildman–Crippen MR) is 72.4 cm³/mol. The summed E-state index contributed by atoms with van der Waals surface area (Å²) >= 11 is 0. The molecule has 1 N–H and O–H groups in total. The minimum absolute atomic E-state index is 0.0381. The van der Waals surface area contributed by atoms with Crippen molar-refractivity contribution < 1.29 is 9.59 Å². The van der Waals surface area contributed by atoms with E-state index in [0.717, 1.165) is 19.5 Å². The van der Waals surface area contributed by atoms with Crippen molar-refractivity contribution in [3.05, 3.63) is 0 Å². The lowest BCUT2D eigenvalue weighted by molar-refractivity contribution is -0.139. The molecule has 2 saturated heterocycles. The second-order valence-electron chi connectivity index (χ2n) is 6.61. The zero-order chi connectivity index (χ0) is 13.3. The Balaban J connectivity index is 1.60. The van der Waals surface area contributed by atoms with Crippen LogP contribution in [0.1, 0.15) is 51.4 Å². The van der Waals surface area contributed by atoms with Crippen LogP contribution in [-0.4, -0.2) is 36.3 Å². The van der Waals surface area contributed by atoms with E-state index in [9.17, 15) is 9.59 Å². The van der Waals surface area contributed by atoms with E-state index < -0.39 is 0 Å². The predicted octanol–water partition coefficient (Wildman–Crippen LogP) is 1.70. The van der Waals surface area contributed by atoms with E-state index in [2.05, 4.69) is 10.2 Å². The summed E-state index contributed by atoms with van der Waals surface area (Å²) in [5, 5.41) is 2.80. The van der Waals surface area contributed by atoms with Crippen molar-refractivity contribution in [2.45, 2.75) is 51.4 Å². The Hall–Kier alpha value is -1.06. The normalized spacial score (nSPS) is 30.4. The minimum Gasteiger partial charge on any atom is -0.356 e. The number of hydrogen-bond acceptors (Lipinski definition) is 2. The number of carbonyl (C=O) groups is 2. The smallest absolute Gasteiger partial charge is 0.226 e. The molecule has 2 amide bonds. The average molecular weight is 264 g/mol. The fraction of sp³-hybridized carbons (Fsp3) is 0.867. The Morgan fingerprint density at radius 1 is 1.21 bits per heavy atom. The highest BCUT2D eigenvalue weighted by atomic mass is 16.2. The molecule has 1 unspecified atom stereocenters. The summed E-state index contributed by atoms with van der Waals surface area (Å²) in [7, 11) is 0. The van der Waals surface area contributed by atoms with Crippen LogP contribution in [-0.2, 0) is 9.59 Å². The number of amides is 2. The lowest BCUT2D eigenvalue weighted by Gasteiger charge is -2.34. The molecule has 0 aromatic carbocycles. The van der Waals surface area contributed by atoms with Gasteiger partial charge < -0.3 is 10.2 Å². The molecule has 1 spiro atoms. The summed E-state index contributed by atoms with van der Waals surface area (Å²) in [5.74, 6) is 0.209. The number of piperidine rings is 1. The van der Waals surface area contributed by atoms with Gasteiger partial charge in [-0.3, -0.25) is 9.59 Å². The molecule has 2 heterocycles. The summed E-state index contributed by atoms with van der Waals surface area (Å²) in [6.07, 6.45) is 8.98. The molecular weight excluding hydrogens is 240 g/mol. The van der Waals surface area contributed by atoms with Crippen molar-refractivity contribution in [2.75, 3.05) is 19.6 Å². The van der Waals surface area contributed by atoms with Crippen LogP contribution in [0.25, 0.3) is 0 Å². The van der Waals surface area contributed by atoms with Gasteiger partial charge in [0.25, 0.3) is 0 Å². The maximum absolute atomic E-state index is 12.5. The van der Waals surface area contributed by atoms with E-state index >= 15 is 0 Å². The van der Waals surface area contributed by atoms with Gasteiger partial charge in [-0.1, -0.05) is 19.3 Å². The third-order valence-electron chi connectivity index (χ3n) is 5.26. The van der Waals surface area contributed by atoms with Gasteiger partial charge in [0.2, 0.25) is 11.8 Å². The van der Waals surface area contributed by atoms with E-state index in [1.165, 1.54) is 38.5 Å². The highest BCUT2D eigenvalue weighted by Crippen LogP contribution is 2.44. The molecule has 3 aliphatic rings. The second-order valence-corrected chi connectivity index (χ2v) is 6.61. The summed E-state index contributed by atoms with van der Waals surface area (Å²) in [4.78, 5) is 26.0. The van der Waals surface area contributed by atoms with Crippen LogP contribution in [0.15, 0.2) is 0 Å². The first-order valence-corrected chi connectivity index (χ1v) is 7.74. The van der Waals surface area contributed by atoms with E-state index in [1.807, 2.05) is 0 Å². The molecule has 106 valence electrons. The number of likely N-dealkylation sites (tertiary alicyclic amines) is 1. The molecule has 3 rings (SSSR count). The number of hydrogen-bond donors (Lipinski definition) is 1. The molecule has 4 heteroatoms. The Kier molecular flexibility index (Phi) is 3.50. The molecule has 3 fully saturated rings. The largest absolute Gasteiger partial charge is 0.356 e. The molecular formula is C15H24N2O2. The zero-order valence-corrected chi connectivity index (χ0v) is 11.6.